The molecule has 2 bridgehead atoms. The predicted molar refractivity (Wildman–Crippen MR) is 93.0 cm³/mol. The Balaban J connectivity index is 2.19. The first kappa shape index (κ1) is 19.6. The molecular weight excluding hydrogens is 326 g/mol. The number of unbranched alkanes of at least 4 members (excludes halogenated alkanes) is 2. The van der Waals surface area contributed by atoms with E-state index in [1.165, 1.54) is 12.8 Å². The summed E-state index contributed by atoms with van der Waals surface area (Å²) < 4.78 is 24.5. The van der Waals surface area contributed by atoms with E-state index in [1.54, 1.807) is 0 Å². The summed E-state index contributed by atoms with van der Waals surface area (Å²) in [5.41, 5.74) is 0. The van der Waals surface area contributed by atoms with E-state index < -0.39 is 15.0 Å². The quantitative estimate of drug-likeness (QED) is 0.379. The minimum absolute atomic E-state index is 0.00619. The fraction of sp³-hybridized carbons (Fsp3) is 0.824. The van der Waals surface area contributed by atoms with Crippen molar-refractivity contribution in [3.63, 3.8) is 0 Å². The molecule has 3 aliphatic heterocycles. The van der Waals surface area contributed by atoms with Crippen LogP contribution >= 0.6 is 0 Å². The second-order valence-electron chi connectivity index (χ2n) is 6.75. The molecule has 0 aliphatic carbocycles. The lowest BCUT2D eigenvalue weighted by atomic mass is 10.1. The molecule has 0 aromatic rings. The van der Waals surface area contributed by atoms with Gasteiger partial charge >= 0.3 is 15.0 Å². The maximum atomic E-state index is 11.7. The van der Waals surface area contributed by atoms with E-state index in [2.05, 4.69) is 20.4 Å². The standard InChI is InChI=1S/C17H32NO5Si/c1-4-7-9-16-15-18(10-8-5-2)11-13-20-24(22-16,21-14-12-18)23-17(19)6-3/h6,16H,3-5,7-15H2,1-2H3/q+1. The van der Waals surface area contributed by atoms with Crippen LogP contribution in [0.2, 0.25) is 0 Å². The third-order valence-corrected chi connectivity index (χ3v) is 7.04. The molecule has 0 amide bonds. The summed E-state index contributed by atoms with van der Waals surface area (Å²) in [5, 5.41) is 0. The van der Waals surface area contributed by atoms with E-state index in [1.807, 2.05) is 0 Å². The summed E-state index contributed by atoms with van der Waals surface area (Å²) in [6.45, 7) is 12.8. The minimum Gasteiger partial charge on any atom is -0.449 e. The number of hydrogen-bond donors (Lipinski definition) is 0. The fourth-order valence-corrected chi connectivity index (χ4v) is 5.44. The number of carbonyl (C=O) groups excluding carboxylic acids is 1. The van der Waals surface area contributed by atoms with Gasteiger partial charge in [-0.2, -0.15) is 0 Å². The molecular formula is C17H32NO5Si+. The smallest absolute Gasteiger partial charge is 0.449 e. The van der Waals surface area contributed by atoms with E-state index in [0.29, 0.717) is 13.2 Å². The molecule has 3 saturated heterocycles. The molecule has 0 saturated carbocycles. The Bertz CT molecular complexity index is 421. The molecule has 6 nitrogen and oxygen atoms in total. The topological polar surface area (TPSA) is 54.0 Å². The Labute approximate surface area is 146 Å². The van der Waals surface area contributed by atoms with Crippen molar-refractivity contribution in [2.75, 3.05) is 39.4 Å². The van der Waals surface area contributed by atoms with E-state index >= 15 is 0 Å². The SMILES string of the molecule is C=CC(=O)O[Si]12OCC[N+](CCCC)(CCO1)CC(CCCC)O2. The summed E-state index contributed by atoms with van der Waals surface area (Å²) in [6.07, 6.45) is 6.64. The Morgan fingerprint density at radius 1 is 1.25 bits per heavy atom. The molecule has 7 heteroatoms. The average molecular weight is 359 g/mol. The van der Waals surface area contributed by atoms with Gasteiger partial charge in [0.25, 0.3) is 0 Å². The second kappa shape index (κ2) is 9.10. The Morgan fingerprint density at radius 2 is 1.92 bits per heavy atom. The predicted octanol–water partition coefficient (Wildman–Crippen LogP) is 2.40. The highest BCUT2D eigenvalue weighted by molar-refractivity contribution is 6.55. The first-order chi connectivity index (χ1) is 11.6. The molecule has 0 aromatic heterocycles. The van der Waals surface area contributed by atoms with Crippen LogP contribution in [0.15, 0.2) is 12.7 Å². The Hall–Kier alpha value is -0.733. The number of hydrogen-bond acceptors (Lipinski definition) is 5. The van der Waals surface area contributed by atoms with Gasteiger partial charge in [-0.1, -0.05) is 39.7 Å². The van der Waals surface area contributed by atoms with Gasteiger partial charge in [0, 0.05) is 6.08 Å². The van der Waals surface area contributed by atoms with Crippen LogP contribution in [0.4, 0.5) is 0 Å². The summed E-state index contributed by atoms with van der Waals surface area (Å²) >= 11 is 0. The van der Waals surface area contributed by atoms with E-state index in [-0.39, 0.29) is 6.10 Å². The van der Waals surface area contributed by atoms with Crippen LogP contribution in [0.1, 0.15) is 46.0 Å². The summed E-state index contributed by atoms with van der Waals surface area (Å²) in [4.78, 5) is 11.7. The molecule has 3 aliphatic rings. The molecule has 3 rings (SSSR count). The highest BCUT2D eigenvalue weighted by atomic mass is 28.4. The van der Waals surface area contributed by atoms with Gasteiger partial charge in [-0.05, 0) is 12.8 Å². The Kier molecular flexibility index (Phi) is 7.43. The third kappa shape index (κ3) is 5.13. The molecule has 3 fully saturated rings. The van der Waals surface area contributed by atoms with Gasteiger partial charge in [0.15, 0.2) is 0 Å². The third-order valence-electron chi connectivity index (χ3n) is 4.85. The van der Waals surface area contributed by atoms with Gasteiger partial charge in [0.1, 0.15) is 25.7 Å². The molecule has 1 atom stereocenters. The van der Waals surface area contributed by atoms with Crippen molar-refractivity contribution in [1.82, 2.24) is 0 Å². The van der Waals surface area contributed by atoms with Crippen molar-refractivity contribution >= 4 is 15.0 Å². The number of rotatable bonds is 8. The number of quaternary nitrogens is 1. The maximum Gasteiger partial charge on any atom is 0.752 e. The van der Waals surface area contributed by atoms with Crippen molar-refractivity contribution in [2.24, 2.45) is 0 Å². The fourth-order valence-electron chi connectivity index (χ4n) is 3.44. The van der Waals surface area contributed by atoms with Gasteiger partial charge in [-0.25, -0.2) is 4.79 Å². The first-order valence-electron chi connectivity index (χ1n) is 9.23. The molecule has 24 heavy (non-hydrogen) atoms. The molecule has 0 radical (unpaired) electrons. The Morgan fingerprint density at radius 3 is 2.50 bits per heavy atom. The lowest BCUT2D eigenvalue weighted by Gasteiger charge is -2.47. The van der Waals surface area contributed by atoms with Crippen LogP contribution in [0.5, 0.6) is 0 Å². The molecule has 138 valence electrons. The van der Waals surface area contributed by atoms with Crippen molar-refractivity contribution in [3.05, 3.63) is 12.7 Å². The minimum atomic E-state index is -3.42. The summed E-state index contributed by atoms with van der Waals surface area (Å²) in [6, 6.07) is 0. The highest BCUT2D eigenvalue weighted by Crippen LogP contribution is 2.27. The van der Waals surface area contributed by atoms with Crippen LogP contribution in [0.3, 0.4) is 0 Å². The van der Waals surface area contributed by atoms with Crippen LogP contribution in [-0.2, 0) is 22.5 Å². The molecule has 0 aromatic carbocycles. The van der Waals surface area contributed by atoms with Crippen molar-refractivity contribution in [1.29, 1.82) is 0 Å². The zero-order chi connectivity index (χ0) is 17.5. The van der Waals surface area contributed by atoms with E-state index in [9.17, 15) is 4.79 Å². The normalized spacial score (nSPS) is 33.3. The highest BCUT2D eigenvalue weighted by Gasteiger charge is 2.56. The monoisotopic (exact) mass is 358 g/mol. The van der Waals surface area contributed by atoms with Gasteiger partial charge in [0.2, 0.25) is 0 Å². The number of fused-ring (bicyclic) bond motifs is 6. The van der Waals surface area contributed by atoms with Gasteiger partial charge in [0.05, 0.1) is 19.8 Å². The lowest BCUT2D eigenvalue weighted by Crippen LogP contribution is -2.66. The first-order valence-corrected chi connectivity index (χ1v) is 10.9. The van der Waals surface area contributed by atoms with Crippen molar-refractivity contribution < 1.29 is 27.0 Å². The lowest BCUT2D eigenvalue weighted by molar-refractivity contribution is -0.933. The van der Waals surface area contributed by atoms with Crippen molar-refractivity contribution in [2.45, 2.75) is 52.1 Å². The van der Waals surface area contributed by atoms with E-state index in [4.69, 9.17) is 17.7 Å². The largest absolute Gasteiger partial charge is 0.752 e. The number of carbonyl (C=O) groups is 1. The van der Waals surface area contributed by atoms with Gasteiger partial charge in [-0.3, -0.25) is 0 Å². The van der Waals surface area contributed by atoms with E-state index in [0.717, 1.165) is 56.0 Å². The van der Waals surface area contributed by atoms with Crippen LogP contribution in [0.25, 0.3) is 0 Å². The van der Waals surface area contributed by atoms with Crippen LogP contribution in [-0.4, -0.2) is 65.0 Å². The van der Waals surface area contributed by atoms with Gasteiger partial charge in [-0.15, -0.1) is 0 Å². The van der Waals surface area contributed by atoms with Gasteiger partial charge < -0.3 is 22.2 Å². The zero-order valence-corrected chi connectivity index (χ0v) is 16.1. The number of nitrogens with zero attached hydrogens (tertiary/aromatic N) is 1. The zero-order valence-electron chi connectivity index (χ0n) is 15.1. The second-order valence-corrected chi connectivity index (χ2v) is 8.77. The summed E-state index contributed by atoms with van der Waals surface area (Å²) in [7, 11) is -3.42. The molecule has 0 N–H and O–H groups in total. The van der Waals surface area contributed by atoms with Crippen molar-refractivity contribution in [3.8, 4) is 0 Å². The summed E-state index contributed by atoms with van der Waals surface area (Å²) in [5.74, 6) is -0.538. The van der Waals surface area contributed by atoms with Crippen LogP contribution in [0, 0.1) is 0 Å². The van der Waals surface area contributed by atoms with Crippen LogP contribution < -0.4 is 0 Å². The molecule has 1 unspecified atom stereocenters. The maximum absolute atomic E-state index is 11.7. The average Bonchev–Trinajstić information content (AvgIpc) is 2.53. The molecule has 0 spiro atoms. The molecule has 3 heterocycles.